The molecular formula is C18H20O. The summed E-state index contributed by atoms with van der Waals surface area (Å²) in [5.74, 6) is 0. The van der Waals surface area contributed by atoms with Crippen molar-refractivity contribution < 1.29 is 5.11 Å². The molecule has 2 aromatic carbocycles. The average Bonchev–Trinajstić information content (AvgIpc) is 2.67. The number of hydrogen-bond donors (Lipinski definition) is 1. The van der Waals surface area contributed by atoms with Crippen LogP contribution in [0.1, 0.15) is 27.8 Å². The van der Waals surface area contributed by atoms with Crippen molar-refractivity contribution in [1.29, 1.82) is 0 Å². The quantitative estimate of drug-likeness (QED) is 0.868. The van der Waals surface area contributed by atoms with Crippen LogP contribution in [-0.4, -0.2) is 10.7 Å². The van der Waals surface area contributed by atoms with Gasteiger partial charge in [-0.15, -0.1) is 0 Å². The monoisotopic (exact) mass is 252 g/mol. The van der Waals surface area contributed by atoms with Crippen LogP contribution in [0.3, 0.4) is 0 Å². The minimum atomic E-state index is -0.609. The molecule has 0 radical (unpaired) electrons. The first kappa shape index (κ1) is 12.4. The van der Waals surface area contributed by atoms with E-state index in [4.69, 9.17) is 0 Å². The van der Waals surface area contributed by atoms with Crippen LogP contribution in [0.5, 0.6) is 0 Å². The molecule has 1 heteroatoms. The molecule has 0 bridgehead atoms. The lowest BCUT2D eigenvalue weighted by Crippen LogP contribution is -2.32. The Morgan fingerprint density at radius 3 is 2.53 bits per heavy atom. The van der Waals surface area contributed by atoms with Gasteiger partial charge in [0.2, 0.25) is 0 Å². The number of hydrogen-bond acceptors (Lipinski definition) is 1. The summed E-state index contributed by atoms with van der Waals surface area (Å²) in [7, 11) is 0. The Morgan fingerprint density at radius 1 is 1.05 bits per heavy atom. The van der Waals surface area contributed by atoms with Gasteiger partial charge in [-0.2, -0.15) is 0 Å². The standard InChI is InChI=1S/C18H20O/c1-13-8-14(2)17-12-18(19,11-16(17)9-13)10-15-6-4-3-5-7-15/h3-9,19H,10-12H2,1-2H3. The molecule has 0 saturated carbocycles. The maximum atomic E-state index is 10.9. The normalized spacial score (nSPS) is 21.4. The van der Waals surface area contributed by atoms with E-state index < -0.39 is 5.60 Å². The van der Waals surface area contributed by atoms with Crippen LogP contribution < -0.4 is 0 Å². The fourth-order valence-electron chi connectivity index (χ4n) is 3.34. The van der Waals surface area contributed by atoms with E-state index in [9.17, 15) is 5.11 Å². The van der Waals surface area contributed by atoms with Gasteiger partial charge in [-0.25, -0.2) is 0 Å². The predicted molar refractivity (Wildman–Crippen MR) is 78.4 cm³/mol. The van der Waals surface area contributed by atoms with E-state index in [1.165, 1.54) is 27.8 Å². The molecule has 1 atom stereocenters. The highest BCUT2D eigenvalue weighted by atomic mass is 16.3. The van der Waals surface area contributed by atoms with Gasteiger partial charge in [-0.3, -0.25) is 0 Å². The topological polar surface area (TPSA) is 20.2 Å². The van der Waals surface area contributed by atoms with Crippen molar-refractivity contribution in [3.05, 3.63) is 70.3 Å². The van der Waals surface area contributed by atoms with Crippen LogP contribution in [0.15, 0.2) is 42.5 Å². The zero-order chi connectivity index (χ0) is 13.5. The molecule has 0 spiro atoms. The third-order valence-corrected chi connectivity index (χ3v) is 4.11. The second-order valence-corrected chi connectivity index (χ2v) is 5.96. The van der Waals surface area contributed by atoms with E-state index in [1.54, 1.807) is 0 Å². The molecule has 1 aliphatic carbocycles. The summed E-state index contributed by atoms with van der Waals surface area (Å²) in [6, 6.07) is 14.7. The van der Waals surface area contributed by atoms with Crippen LogP contribution >= 0.6 is 0 Å². The fourth-order valence-corrected chi connectivity index (χ4v) is 3.34. The highest BCUT2D eigenvalue weighted by molar-refractivity contribution is 5.44. The SMILES string of the molecule is Cc1cc(C)c2c(c1)CC(O)(Cc1ccccc1)C2. The van der Waals surface area contributed by atoms with E-state index in [0.29, 0.717) is 0 Å². The molecule has 1 N–H and O–H groups in total. The van der Waals surface area contributed by atoms with E-state index >= 15 is 0 Å². The van der Waals surface area contributed by atoms with E-state index in [0.717, 1.165) is 19.3 Å². The number of fused-ring (bicyclic) bond motifs is 1. The molecular weight excluding hydrogens is 232 g/mol. The van der Waals surface area contributed by atoms with E-state index in [2.05, 4.69) is 38.1 Å². The number of aryl methyl sites for hydroxylation is 2. The summed E-state index contributed by atoms with van der Waals surface area (Å²) in [4.78, 5) is 0. The van der Waals surface area contributed by atoms with Gasteiger partial charge in [0, 0.05) is 19.3 Å². The van der Waals surface area contributed by atoms with Gasteiger partial charge < -0.3 is 5.11 Å². The first-order valence-corrected chi connectivity index (χ1v) is 6.91. The summed E-state index contributed by atoms with van der Waals surface area (Å²) in [6.07, 6.45) is 2.30. The highest BCUT2D eigenvalue weighted by Crippen LogP contribution is 2.35. The Morgan fingerprint density at radius 2 is 1.79 bits per heavy atom. The molecule has 1 unspecified atom stereocenters. The van der Waals surface area contributed by atoms with Crippen LogP contribution in [0.2, 0.25) is 0 Å². The maximum absolute atomic E-state index is 10.9. The second kappa shape index (κ2) is 4.50. The fraction of sp³-hybridized carbons (Fsp3) is 0.333. The number of rotatable bonds is 2. The maximum Gasteiger partial charge on any atom is 0.0768 e. The second-order valence-electron chi connectivity index (χ2n) is 5.96. The lowest BCUT2D eigenvalue weighted by atomic mass is 9.91. The third kappa shape index (κ3) is 2.43. The van der Waals surface area contributed by atoms with Gasteiger partial charge >= 0.3 is 0 Å². The smallest absolute Gasteiger partial charge is 0.0768 e. The van der Waals surface area contributed by atoms with E-state index in [-0.39, 0.29) is 0 Å². The molecule has 0 amide bonds. The van der Waals surface area contributed by atoms with E-state index in [1.807, 2.05) is 18.2 Å². The molecule has 1 nitrogen and oxygen atoms in total. The molecule has 0 heterocycles. The van der Waals surface area contributed by atoms with Crippen molar-refractivity contribution in [2.75, 3.05) is 0 Å². The number of aliphatic hydroxyl groups is 1. The molecule has 98 valence electrons. The minimum absolute atomic E-state index is 0.609. The zero-order valence-corrected chi connectivity index (χ0v) is 11.6. The Balaban J connectivity index is 1.88. The van der Waals surface area contributed by atoms with Crippen molar-refractivity contribution in [2.24, 2.45) is 0 Å². The molecule has 2 aromatic rings. The van der Waals surface area contributed by atoms with Gasteiger partial charge in [0.1, 0.15) is 0 Å². The molecule has 1 aliphatic rings. The Hall–Kier alpha value is -1.60. The lowest BCUT2D eigenvalue weighted by Gasteiger charge is -2.22. The predicted octanol–water partition coefficient (Wildman–Crippen LogP) is 3.38. The first-order valence-electron chi connectivity index (χ1n) is 6.91. The van der Waals surface area contributed by atoms with Gasteiger partial charge in [-0.05, 0) is 36.1 Å². The largest absolute Gasteiger partial charge is 0.389 e. The van der Waals surface area contributed by atoms with Crippen molar-refractivity contribution in [2.45, 2.75) is 38.7 Å². The third-order valence-electron chi connectivity index (χ3n) is 4.11. The Kier molecular flexibility index (Phi) is 2.94. The molecule has 0 fully saturated rings. The minimum Gasteiger partial charge on any atom is -0.389 e. The lowest BCUT2D eigenvalue weighted by molar-refractivity contribution is 0.0517. The summed E-state index contributed by atoms with van der Waals surface area (Å²) >= 11 is 0. The molecule has 0 saturated heterocycles. The van der Waals surface area contributed by atoms with Gasteiger partial charge in [-0.1, -0.05) is 48.0 Å². The zero-order valence-electron chi connectivity index (χ0n) is 11.6. The number of benzene rings is 2. The van der Waals surface area contributed by atoms with Crippen LogP contribution in [-0.2, 0) is 19.3 Å². The van der Waals surface area contributed by atoms with Crippen molar-refractivity contribution >= 4 is 0 Å². The van der Waals surface area contributed by atoms with Gasteiger partial charge in [0.25, 0.3) is 0 Å². The Bertz CT molecular complexity index is 601. The first-order chi connectivity index (χ1) is 9.06. The van der Waals surface area contributed by atoms with Crippen molar-refractivity contribution in [3.8, 4) is 0 Å². The van der Waals surface area contributed by atoms with Crippen LogP contribution in [0, 0.1) is 13.8 Å². The molecule has 19 heavy (non-hydrogen) atoms. The van der Waals surface area contributed by atoms with Crippen LogP contribution in [0.25, 0.3) is 0 Å². The summed E-state index contributed by atoms with van der Waals surface area (Å²) in [5.41, 5.74) is 5.90. The Labute approximate surface area is 114 Å². The summed E-state index contributed by atoms with van der Waals surface area (Å²) in [6.45, 7) is 4.28. The van der Waals surface area contributed by atoms with Gasteiger partial charge in [0.05, 0.1) is 5.60 Å². The summed E-state index contributed by atoms with van der Waals surface area (Å²) < 4.78 is 0. The molecule has 3 rings (SSSR count). The molecule has 0 aromatic heterocycles. The van der Waals surface area contributed by atoms with Gasteiger partial charge in [0.15, 0.2) is 0 Å². The van der Waals surface area contributed by atoms with Crippen LogP contribution in [0.4, 0.5) is 0 Å². The molecule has 0 aliphatic heterocycles. The van der Waals surface area contributed by atoms with Crippen molar-refractivity contribution in [1.82, 2.24) is 0 Å². The highest BCUT2D eigenvalue weighted by Gasteiger charge is 2.36. The van der Waals surface area contributed by atoms with Crippen molar-refractivity contribution in [3.63, 3.8) is 0 Å². The average molecular weight is 252 g/mol. The summed E-state index contributed by atoms with van der Waals surface area (Å²) in [5, 5.41) is 10.9.